The lowest BCUT2D eigenvalue weighted by Gasteiger charge is -1.97. The Bertz CT molecular complexity index is 701. The maximum Gasteiger partial charge on any atom is 0.267 e. The largest absolute Gasteiger partial charge is 0.297 e. The Kier molecular flexibility index (Phi) is 2.85. The molecule has 1 aromatic carbocycles. The molecule has 0 atom stereocenters. The number of thiazole rings is 1. The highest BCUT2D eigenvalue weighted by Crippen LogP contribution is 2.28. The summed E-state index contributed by atoms with van der Waals surface area (Å²) >= 11 is 2.92. The van der Waals surface area contributed by atoms with Crippen LogP contribution in [0.2, 0.25) is 0 Å². The standard InChI is InChI=1S/C13H10N2OS2/c1-8-4-2-5-9-11(8)14-13(18-9)15-12(16)10-6-3-7-17-10/h2-7H,1H3,(H,14,15,16). The summed E-state index contributed by atoms with van der Waals surface area (Å²) in [6, 6.07) is 9.70. The summed E-state index contributed by atoms with van der Waals surface area (Å²) in [7, 11) is 0. The minimum absolute atomic E-state index is 0.0956. The molecular formula is C13H10N2OS2. The van der Waals surface area contributed by atoms with E-state index in [1.54, 1.807) is 6.07 Å². The van der Waals surface area contributed by atoms with Gasteiger partial charge < -0.3 is 0 Å². The van der Waals surface area contributed by atoms with E-state index in [1.165, 1.54) is 22.7 Å². The average molecular weight is 274 g/mol. The van der Waals surface area contributed by atoms with Gasteiger partial charge in [0.1, 0.15) is 0 Å². The summed E-state index contributed by atoms with van der Waals surface area (Å²) in [5.74, 6) is -0.0956. The van der Waals surface area contributed by atoms with Crippen molar-refractivity contribution in [3.05, 3.63) is 46.2 Å². The van der Waals surface area contributed by atoms with E-state index in [0.29, 0.717) is 10.0 Å². The lowest BCUT2D eigenvalue weighted by Crippen LogP contribution is -2.09. The number of amides is 1. The summed E-state index contributed by atoms with van der Waals surface area (Å²) in [6.07, 6.45) is 0. The van der Waals surface area contributed by atoms with E-state index in [1.807, 2.05) is 36.6 Å². The number of rotatable bonds is 2. The molecule has 2 heterocycles. The Morgan fingerprint density at radius 1 is 1.28 bits per heavy atom. The number of anilines is 1. The Labute approximate surface area is 112 Å². The van der Waals surface area contributed by atoms with Crippen LogP contribution in [0.5, 0.6) is 0 Å². The van der Waals surface area contributed by atoms with Crippen molar-refractivity contribution < 1.29 is 4.79 Å². The molecule has 2 aromatic heterocycles. The van der Waals surface area contributed by atoms with Crippen LogP contribution in [0.15, 0.2) is 35.7 Å². The van der Waals surface area contributed by atoms with Gasteiger partial charge in [-0.2, -0.15) is 0 Å². The van der Waals surface area contributed by atoms with Crippen LogP contribution >= 0.6 is 22.7 Å². The SMILES string of the molecule is Cc1cccc2sc(NC(=O)c3cccs3)nc12. The van der Waals surface area contributed by atoms with Gasteiger partial charge in [-0.3, -0.25) is 10.1 Å². The molecule has 0 bridgehead atoms. The molecule has 3 rings (SSSR count). The third-order valence-corrected chi connectivity index (χ3v) is 4.39. The fraction of sp³-hybridized carbons (Fsp3) is 0.0769. The lowest BCUT2D eigenvalue weighted by molar-refractivity contribution is 0.103. The number of aryl methyl sites for hydroxylation is 1. The maximum atomic E-state index is 11.9. The van der Waals surface area contributed by atoms with Gasteiger partial charge in [-0.25, -0.2) is 4.98 Å². The summed E-state index contributed by atoms with van der Waals surface area (Å²) < 4.78 is 1.09. The number of aromatic nitrogens is 1. The van der Waals surface area contributed by atoms with Gasteiger partial charge in [-0.1, -0.05) is 29.5 Å². The highest BCUT2D eigenvalue weighted by molar-refractivity contribution is 7.22. The topological polar surface area (TPSA) is 42.0 Å². The molecule has 1 amide bonds. The van der Waals surface area contributed by atoms with E-state index in [2.05, 4.69) is 10.3 Å². The summed E-state index contributed by atoms with van der Waals surface area (Å²) in [6.45, 7) is 2.02. The van der Waals surface area contributed by atoms with Gasteiger partial charge in [-0.15, -0.1) is 11.3 Å². The predicted octanol–water partition coefficient (Wildman–Crippen LogP) is 3.92. The summed E-state index contributed by atoms with van der Waals surface area (Å²) in [5.41, 5.74) is 2.09. The smallest absolute Gasteiger partial charge is 0.267 e. The van der Waals surface area contributed by atoms with Crippen LogP contribution in [-0.4, -0.2) is 10.9 Å². The quantitative estimate of drug-likeness (QED) is 0.769. The first kappa shape index (κ1) is 11.4. The van der Waals surface area contributed by atoms with E-state index in [9.17, 15) is 4.79 Å². The number of hydrogen-bond acceptors (Lipinski definition) is 4. The molecular weight excluding hydrogens is 264 g/mol. The van der Waals surface area contributed by atoms with Crippen molar-refractivity contribution in [3.63, 3.8) is 0 Å². The molecule has 0 unspecified atom stereocenters. The van der Waals surface area contributed by atoms with Crippen LogP contribution in [-0.2, 0) is 0 Å². The molecule has 5 heteroatoms. The van der Waals surface area contributed by atoms with E-state index < -0.39 is 0 Å². The third kappa shape index (κ3) is 2.02. The maximum absolute atomic E-state index is 11.9. The first-order valence-corrected chi connectivity index (χ1v) is 7.14. The number of carbonyl (C=O) groups excluding carboxylic acids is 1. The Balaban J connectivity index is 1.92. The second-order valence-corrected chi connectivity index (χ2v) is 5.85. The van der Waals surface area contributed by atoms with Crippen LogP contribution < -0.4 is 5.32 Å². The minimum Gasteiger partial charge on any atom is -0.297 e. The van der Waals surface area contributed by atoms with Crippen LogP contribution in [0.3, 0.4) is 0 Å². The van der Waals surface area contributed by atoms with E-state index >= 15 is 0 Å². The first-order chi connectivity index (χ1) is 8.74. The monoisotopic (exact) mass is 274 g/mol. The second kappa shape index (κ2) is 4.51. The molecule has 0 saturated heterocycles. The zero-order chi connectivity index (χ0) is 12.5. The molecule has 3 aromatic rings. The van der Waals surface area contributed by atoms with E-state index in [0.717, 1.165) is 15.8 Å². The van der Waals surface area contributed by atoms with Gasteiger partial charge in [0.25, 0.3) is 5.91 Å². The minimum atomic E-state index is -0.0956. The van der Waals surface area contributed by atoms with Crippen molar-refractivity contribution in [3.8, 4) is 0 Å². The van der Waals surface area contributed by atoms with Crippen molar-refractivity contribution in [2.45, 2.75) is 6.92 Å². The van der Waals surface area contributed by atoms with Crippen molar-refractivity contribution in [2.24, 2.45) is 0 Å². The fourth-order valence-corrected chi connectivity index (χ4v) is 3.26. The molecule has 1 N–H and O–H groups in total. The number of carbonyl (C=O) groups is 1. The van der Waals surface area contributed by atoms with Gasteiger partial charge in [0.15, 0.2) is 5.13 Å². The Morgan fingerprint density at radius 2 is 2.17 bits per heavy atom. The number of benzene rings is 1. The van der Waals surface area contributed by atoms with Crippen molar-refractivity contribution in [2.75, 3.05) is 5.32 Å². The molecule has 0 radical (unpaired) electrons. The van der Waals surface area contributed by atoms with Gasteiger partial charge >= 0.3 is 0 Å². The molecule has 0 spiro atoms. The number of fused-ring (bicyclic) bond motifs is 1. The van der Waals surface area contributed by atoms with Crippen molar-refractivity contribution in [1.82, 2.24) is 4.98 Å². The molecule has 90 valence electrons. The predicted molar refractivity (Wildman–Crippen MR) is 76.6 cm³/mol. The van der Waals surface area contributed by atoms with Crippen LogP contribution in [0.1, 0.15) is 15.2 Å². The van der Waals surface area contributed by atoms with Gasteiger partial charge in [0, 0.05) is 0 Å². The molecule has 18 heavy (non-hydrogen) atoms. The van der Waals surface area contributed by atoms with Gasteiger partial charge in [0.05, 0.1) is 15.1 Å². The van der Waals surface area contributed by atoms with Crippen molar-refractivity contribution >= 4 is 43.9 Å². The molecule has 0 fully saturated rings. The first-order valence-electron chi connectivity index (χ1n) is 5.45. The molecule has 0 aliphatic heterocycles. The Hall–Kier alpha value is -1.72. The third-order valence-electron chi connectivity index (χ3n) is 2.59. The average Bonchev–Trinajstić information content (AvgIpc) is 2.97. The van der Waals surface area contributed by atoms with Crippen LogP contribution in [0.4, 0.5) is 5.13 Å². The number of nitrogens with zero attached hydrogens (tertiary/aromatic N) is 1. The molecule has 0 aliphatic carbocycles. The molecule has 0 aliphatic rings. The van der Waals surface area contributed by atoms with E-state index in [-0.39, 0.29) is 5.91 Å². The summed E-state index contributed by atoms with van der Waals surface area (Å²) in [4.78, 5) is 17.1. The van der Waals surface area contributed by atoms with Gasteiger partial charge in [-0.05, 0) is 30.0 Å². The Morgan fingerprint density at radius 3 is 2.89 bits per heavy atom. The number of hydrogen-bond donors (Lipinski definition) is 1. The normalized spacial score (nSPS) is 10.7. The zero-order valence-corrected chi connectivity index (χ0v) is 11.3. The number of nitrogens with one attached hydrogen (secondary N) is 1. The van der Waals surface area contributed by atoms with E-state index in [4.69, 9.17) is 0 Å². The highest BCUT2D eigenvalue weighted by atomic mass is 32.1. The highest BCUT2D eigenvalue weighted by Gasteiger charge is 2.11. The fourth-order valence-electron chi connectivity index (χ4n) is 1.71. The van der Waals surface area contributed by atoms with Crippen LogP contribution in [0, 0.1) is 6.92 Å². The van der Waals surface area contributed by atoms with Crippen molar-refractivity contribution in [1.29, 1.82) is 0 Å². The molecule has 0 saturated carbocycles. The number of para-hydroxylation sites is 1. The lowest BCUT2D eigenvalue weighted by atomic mass is 10.2. The summed E-state index contributed by atoms with van der Waals surface area (Å²) in [5, 5.41) is 5.38. The second-order valence-electron chi connectivity index (χ2n) is 3.87. The zero-order valence-electron chi connectivity index (χ0n) is 9.64. The van der Waals surface area contributed by atoms with Crippen LogP contribution in [0.25, 0.3) is 10.2 Å². The molecule has 3 nitrogen and oxygen atoms in total. The van der Waals surface area contributed by atoms with Gasteiger partial charge in [0.2, 0.25) is 0 Å². The number of thiophene rings is 1.